The predicted octanol–water partition coefficient (Wildman–Crippen LogP) is 5.19. The molecule has 5 nitrogen and oxygen atoms in total. The summed E-state index contributed by atoms with van der Waals surface area (Å²) in [6.07, 6.45) is 10.2. The molecule has 0 bridgehead atoms. The summed E-state index contributed by atoms with van der Waals surface area (Å²) in [7, 11) is 1.69. The second-order valence-electron chi connectivity index (χ2n) is 7.98. The lowest BCUT2D eigenvalue weighted by atomic mass is 9.94. The normalized spacial score (nSPS) is 14.6. The zero-order valence-electron chi connectivity index (χ0n) is 17.9. The second-order valence-corrected chi connectivity index (χ2v) is 7.98. The number of unbranched alkanes of at least 4 members (excludes halogenated alkanes) is 1. The zero-order chi connectivity index (χ0) is 20.5. The van der Waals surface area contributed by atoms with Crippen LogP contribution in [0.2, 0.25) is 0 Å². The third-order valence-electron chi connectivity index (χ3n) is 5.83. The Bertz CT molecular complexity index is 765. The molecule has 5 heteroatoms. The maximum Gasteiger partial charge on any atom is 0.318 e. The monoisotopic (exact) mass is 397 g/mol. The first kappa shape index (κ1) is 21.3. The van der Waals surface area contributed by atoms with Crippen LogP contribution in [0, 0.1) is 0 Å². The van der Waals surface area contributed by atoms with Gasteiger partial charge in [-0.15, -0.1) is 0 Å². The fourth-order valence-corrected chi connectivity index (χ4v) is 4.12. The minimum Gasteiger partial charge on any atom is -0.497 e. The van der Waals surface area contributed by atoms with E-state index in [1.807, 2.05) is 12.1 Å². The lowest BCUT2D eigenvalue weighted by Crippen LogP contribution is -2.47. The molecule has 0 atom stereocenters. The standard InChI is InChI=1S/C24H35N3O2/c1-3-4-15-25-24(28)27(21-11-6-5-7-12-21)19-22-13-9-16-26(22)18-20-10-8-14-23(17-20)29-2/h8-10,13-14,16-17,21H,3-7,11-12,15,18-19H2,1-2H3,(H,25,28). The minimum absolute atomic E-state index is 0.0829. The van der Waals surface area contributed by atoms with Crippen LogP contribution in [-0.4, -0.2) is 35.2 Å². The molecule has 0 spiro atoms. The number of benzene rings is 1. The van der Waals surface area contributed by atoms with E-state index in [-0.39, 0.29) is 6.03 Å². The van der Waals surface area contributed by atoms with Gasteiger partial charge in [-0.3, -0.25) is 0 Å². The summed E-state index contributed by atoms with van der Waals surface area (Å²) >= 11 is 0. The quantitative estimate of drug-likeness (QED) is 0.592. The lowest BCUT2D eigenvalue weighted by Gasteiger charge is -2.34. The van der Waals surface area contributed by atoms with Crippen LogP contribution in [0.1, 0.15) is 63.1 Å². The van der Waals surface area contributed by atoms with Crippen LogP contribution in [0.25, 0.3) is 0 Å². The molecular formula is C24H35N3O2. The number of nitrogens with one attached hydrogen (secondary N) is 1. The molecule has 1 aliphatic carbocycles. The summed E-state index contributed by atoms with van der Waals surface area (Å²) in [5.41, 5.74) is 2.36. The number of methoxy groups -OCH3 is 1. The van der Waals surface area contributed by atoms with Gasteiger partial charge in [-0.1, -0.05) is 44.7 Å². The van der Waals surface area contributed by atoms with Crippen LogP contribution in [-0.2, 0) is 13.1 Å². The van der Waals surface area contributed by atoms with Gasteiger partial charge in [0.2, 0.25) is 0 Å². The van der Waals surface area contributed by atoms with Crippen molar-refractivity contribution < 1.29 is 9.53 Å². The number of rotatable bonds is 9. The van der Waals surface area contributed by atoms with Crippen LogP contribution in [0.3, 0.4) is 0 Å². The Morgan fingerprint density at radius 3 is 2.79 bits per heavy atom. The van der Waals surface area contributed by atoms with Crippen molar-refractivity contribution in [1.82, 2.24) is 14.8 Å². The average molecular weight is 398 g/mol. The Morgan fingerprint density at radius 2 is 2.03 bits per heavy atom. The molecule has 29 heavy (non-hydrogen) atoms. The van der Waals surface area contributed by atoms with Crippen molar-refractivity contribution in [2.24, 2.45) is 0 Å². The van der Waals surface area contributed by atoms with E-state index >= 15 is 0 Å². The Morgan fingerprint density at radius 1 is 1.21 bits per heavy atom. The number of aromatic nitrogens is 1. The van der Waals surface area contributed by atoms with E-state index in [2.05, 4.69) is 52.2 Å². The molecule has 1 aliphatic rings. The number of amides is 2. The maximum atomic E-state index is 13.0. The fraction of sp³-hybridized carbons (Fsp3) is 0.542. The van der Waals surface area contributed by atoms with Crippen molar-refractivity contribution in [2.75, 3.05) is 13.7 Å². The molecule has 158 valence electrons. The smallest absolute Gasteiger partial charge is 0.318 e. The van der Waals surface area contributed by atoms with E-state index in [4.69, 9.17) is 4.74 Å². The molecule has 1 N–H and O–H groups in total. The van der Waals surface area contributed by atoms with Gasteiger partial charge in [0, 0.05) is 31.0 Å². The van der Waals surface area contributed by atoms with Gasteiger partial charge < -0.3 is 19.5 Å². The molecule has 2 aromatic rings. The summed E-state index contributed by atoms with van der Waals surface area (Å²) in [6.45, 7) is 4.33. The van der Waals surface area contributed by atoms with Crippen molar-refractivity contribution in [3.05, 3.63) is 53.9 Å². The largest absolute Gasteiger partial charge is 0.497 e. The number of ether oxygens (including phenoxy) is 1. The predicted molar refractivity (Wildman–Crippen MR) is 117 cm³/mol. The van der Waals surface area contributed by atoms with Gasteiger partial charge in [0.1, 0.15) is 5.75 Å². The van der Waals surface area contributed by atoms with Gasteiger partial charge in [0.15, 0.2) is 0 Å². The van der Waals surface area contributed by atoms with E-state index < -0.39 is 0 Å². The van der Waals surface area contributed by atoms with E-state index in [0.29, 0.717) is 12.6 Å². The Hall–Kier alpha value is -2.43. The van der Waals surface area contributed by atoms with Crippen molar-refractivity contribution in [2.45, 2.75) is 71.0 Å². The fourth-order valence-electron chi connectivity index (χ4n) is 4.12. The molecular weight excluding hydrogens is 362 g/mol. The van der Waals surface area contributed by atoms with E-state index in [1.165, 1.54) is 30.5 Å². The van der Waals surface area contributed by atoms with Gasteiger partial charge in [0.25, 0.3) is 0 Å². The van der Waals surface area contributed by atoms with Gasteiger partial charge in [-0.25, -0.2) is 4.79 Å². The van der Waals surface area contributed by atoms with Gasteiger partial charge in [-0.05, 0) is 49.1 Å². The first-order valence-corrected chi connectivity index (χ1v) is 11.0. The first-order valence-electron chi connectivity index (χ1n) is 11.0. The third-order valence-corrected chi connectivity index (χ3v) is 5.83. The van der Waals surface area contributed by atoms with Crippen molar-refractivity contribution in [1.29, 1.82) is 0 Å². The first-order chi connectivity index (χ1) is 14.2. The van der Waals surface area contributed by atoms with Crippen molar-refractivity contribution in [3.63, 3.8) is 0 Å². The number of hydrogen-bond acceptors (Lipinski definition) is 2. The Balaban J connectivity index is 1.73. The molecule has 1 fully saturated rings. The molecule has 1 heterocycles. The third kappa shape index (κ3) is 6.02. The highest BCUT2D eigenvalue weighted by Crippen LogP contribution is 2.25. The molecule has 0 radical (unpaired) electrons. The molecule has 1 aromatic carbocycles. The van der Waals surface area contributed by atoms with Crippen LogP contribution >= 0.6 is 0 Å². The number of urea groups is 1. The molecule has 0 aliphatic heterocycles. The molecule has 3 rings (SSSR count). The number of hydrogen-bond donors (Lipinski definition) is 1. The summed E-state index contributed by atoms with van der Waals surface area (Å²) in [5, 5.41) is 3.14. The SMILES string of the molecule is CCCCNC(=O)N(Cc1cccn1Cc1cccc(OC)c1)C1CCCCC1. The maximum absolute atomic E-state index is 13.0. The average Bonchev–Trinajstić information content (AvgIpc) is 3.19. The second kappa shape index (κ2) is 10.9. The molecule has 2 amide bonds. The zero-order valence-corrected chi connectivity index (χ0v) is 17.9. The highest BCUT2D eigenvalue weighted by molar-refractivity contribution is 5.74. The molecule has 0 saturated heterocycles. The van der Waals surface area contributed by atoms with E-state index in [0.717, 1.165) is 44.5 Å². The topological polar surface area (TPSA) is 46.5 Å². The van der Waals surface area contributed by atoms with Crippen LogP contribution in [0.15, 0.2) is 42.6 Å². The number of carbonyl (C=O) groups excluding carboxylic acids is 1. The molecule has 1 aromatic heterocycles. The van der Waals surface area contributed by atoms with Crippen molar-refractivity contribution >= 4 is 6.03 Å². The highest BCUT2D eigenvalue weighted by atomic mass is 16.5. The van der Waals surface area contributed by atoms with Gasteiger partial charge >= 0.3 is 6.03 Å². The summed E-state index contributed by atoms with van der Waals surface area (Å²) in [4.78, 5) is 15.1. The molecule has 0 unspecified atom stereocenters. The van der Waals surface area contributed by atoms with Crippen LogP contribution in [0.5, 0.6) is 5.75 Å². The Kier molecular flexibility index (Phi) is 8.03. The van der Waals surface area contributed by atoms with Gasteiger partial charge in [0.05, 0.1) is 13.7 Å². The molecule has 1 saturated carbocycles. The van der Waals surface area contributed by atoms with E-state index in [9.17, 15) is 4.79 Å². The Labute approximate surface area is 175 Å². The summed E-state index contributed by atoms with van der Waals surface area (Å²) in [6, 6.07) is 12.8. The lowest BCUT2D eigenvalue weighted by molar-refractivity contribution is 0.149. The number of carbonyl (C=O) groups is 1. The summed E-state index contributed by atoms with van der Waals surface area (Å²) < 4.78 is 7.60. The summed E-state index contributed by atoms with van der Waals surface area (Å²) in [5.74, 6) is 0.871. The highest BCUT2D eigenvalue weighted by Gasteiger charge is 2.26. The minimum atomic E-state index is 0.0829. The van der Waals surface area contributed by atoms with Gasteiger partial charge in [-0.2, -0.15) is 0 Å². The van der Waals surface area contributed by atoms with Crippen LogP contribution < -0.4 is 10.1 Å². The van der Waals surface area contributed by atoms with Crippen molar-refractivity contribution in [3.8, 4) is 5.75 Å². The van der Waals surface area contributed by atoms with E-state index in [1.54, 1.807) is 7.11 Å². The van der Waals surface area contributed by atoms with Crippen LogP contribution in [0.4, 0.5) is 4.79 Å². The number of nitrogens with zero attached hydrogens (tertiary/aromatic N) is 2.